The molecule has 0 spiro atoms. The van der Waals surface area contributed by atoms with Gasteiger partial charge >= 0.3 is 0 Å². The summed E-state index contributed by atoms with van der Waals surface area (Å²) in [6, 6.07) is 0. The number of rotatable bonds is 4. The van der Waals surface area contributed by atoms with Crippen molar-refractivity contribution >= 4 is 6.72 Å². The minimum absolute atomic E-state index is 0.810. The van der Waals surface area contributed by atoms with Gasteiger partial charge < -0.3 is 0 Å². The summed E-state index contributed by atoms with van der Waals surface area (Å²) in [5, 5.41) is 0. The molecular formula is C8H15N. The minimum Gasteiger partial charge on any atom is -0.297 e. The number of hydrogen-bond donors (Lipinski definition) is 0. The fraction of sp³-hybridized carbons (Fsp3) is 0.625. The van der Waals surface area contributed by atoms with Crippen LogP contribution in [0.4, 0.5) is 0 Å². The van der Waals surface area contributed by atoms with Crippen LogP contribution in [0.2, 0.25) is 0 Å². The van der Waals surface area contributed by atoms with Crippen molar-refractivity contribution in [2.45, 2.75) is 26.7 Å². The van der Waals surface area contributed by atoms with Crippen molar-refractivity contribution in [1.29, 1.82) is 0 Å². The average molecular weight is 125 g/mol. The van der Waals surface area contributed by atoms with E-state index >= 15 is 0 Å². The third kappa shape index (κ3) is 3.95. The van der Waals surface area contributed by atoms with Gasteiger partial charge in [-0.1, -0.05) is 25.5 Å². The van der Waals surface area contributed by atoms with Gasteiger partial charge in [0, 0.05) is 0 Å². The SMILES string of the molecule is C=NC/C(=C\CC)CC. The molecule has 0 N–H and O–H groups in total. The van der Waals surface area contributed by atoms with Crippen LogP contribution in [0, 0.1) is 0 Å². The highest BCUT2D eigenvalue weighted by Gasteiger charge is 1.87. The number of aliphatic imine (C=N–C) groups is 1. The Balaban J connectivity index is 3.65. The molecule has 0 aliphatic heterocycles. The first-order chi connectivity index (χ1) is 4.35. The molecule has 0 amide bonds. The molecule has 0 aliphatic carbocycles. The van der Waals surface area contributed by atoms with Crippen molar-refractivity contribution in [1.82, 2.24) is 0 Å². The predicted molar refractivity (Wildman–Crippen MR) is 43.1 cm³/mol. The number of nitrogens with zero attached hydrogens (tertiary/aromatic N) is 1. The van der Waals surface area contributed by atoms with Gasteiger partial charge in [0.1, 0.15) is 0 Å². The molecule has 0 aromatic heterocycles. The van der Waals surface area contributed by atoms with Gasteiger partial charge in [-0.15, -0.1) is 0 Å². The smallest absolute Gasteiger partial charge is 0.0592 e. The van der Waals surface area contributed by atoms with E-state index < -0.39 is 0 Å². The Labute approximate surface area is 57.5 Å². The molecule has 0 aromatic rings. The van der Waals surface area contributed by atoms with Crippen LogP contribution >= 0.6 is 0 Å². The van der Waals surface area contributed by atoms with Crippen molar-refractivity contribution in [2.75, 3.05) is 6.54 Å². The van der Waals surface area contributed by atoms with E-state index in [1.54, 1.807) is 0 Å². The van der Waals surface area contributed by atoms with Crippen LogP contribution in [0.5, 0.6) is 0 Å². The summed E-state index contributed by atoms with van der Waals surface area (Å²) in [6.45, 7) is 8.53. The average Bonchev–Trinajstić information content (AvgIpc) is 1.88. The Morgan fingerprint density at radius 3 is 2.56 bits per heavy atom. The van der Waals surface area contributed by atoms with E-state index in [0.29, 0.717) is 0 Å². The molecule has 0 aromatic carbocycles. The molecule has 1 nitrogen and oxygen atoms in total. The topological polar surface area (TPSA) is 12.4 Å². The highest BCUT2D eigenvalue weighted by Crippen LogP contribution is 2.01. The van der Waals surface area contributed by atoms with E-state index in [-0.39, 0.29) is 0 Å². The Hall–Kier alpha value is -0.590. The van der Waals surface area contributed by atoms with Gasteiger partial charge in [-0.05, 0) is 19.6 Å². The second-order valence-corrected chi connectivity index (χ2v) is 2.01. The summed E-state index contributed by atoms with van der Waals surface area (Å²) >= 11 is 0. The predicted octanol–water partition coefficient (Wildman–Crippen LogP) is 2.43. The molecule has 0 radical (unpaired) electrons. The lowest BCUT2D eigenvalue weighted by Crippen LogP contribution is -1.84. The summed E-state index contributed by atoms with van der Waals surface area (Å²) in [5.74, 6) is 0. The molecule has 0 saturated heterocycles. The van der Waals surface area contributed by atoms with E-state index in [1.165, 1.54) is 5.57 Å². The Bertz CT molecular complexity index is 103. The second kappa shape index (κ2) is 5.54. The van der Waals surface area contributed by atoms with Crippen LogP contribution < -0.4 is 0 Å². The zero-order valence-corrected chi connectivity index (χ0v) is 6.35. The van der Waals surface area contributed by atoms with Crippen LogP contribution in [0.25, 0.3) is 0 Å². The standard InChI is InChI=1S/C8H15N/c1-4-6-8(5-2)7-9-3/h6H,3-5,7H2,1-2H3/b8-6-. The van der Waals surface area contributed by atoms with Crippen LogP contribution in [0.3, 0.4) is 0 Å². The fourth-order valence-corrected chi connectivity index (χ4v) is 0.753. The Morgan fingerprint density at radius 1 is 1.56 bits per heavy atom. The van der Waals surface area contributed by atoms with E-state index in [0.717, 1.165) is 19.4 Å². The van der Waals surface area contributed by atoms with Crippen molar-refractivity contribution < 1.29 is 0 Å². The molecular weight excluding hydrogens is 110 g/mol. The lowest BCUT2D eigenvalue weighted by Gasteiger charge is -1.96. The lowest BCUT2D eigenvalue weighted by atomic mass is 10.2. The van der Waals surface area contributed by atoms with Gasteiger partial charge in [-0.3, -0.25) is 4.99 Å². The molecule has 0 aliphatic rings. The number of allylic oxidation sites excluding steroid dienone is 1. The Morgan fingerprint density at radius 2 is 2.22 bits per heavy atom. The summed E-state index contributed by atoms with van der Waals surface area (Å²) in [7, 11) is 0. The normalized spacial score (nSPS) is 11.6. The maximum Gasteiger partial charge on any atom is 0.0592 e. The molecule has 0 unspecified atom stereocenters. The molecule has 0 rings (SSSR count). The fourth-order valence-electron chi connectivity index (χ4n) is 0.753. The quantitative estimate of drug-likeness (QED) is 0.404. The lowest BCUT2D eigenvalue weighted by molar-refractivity contribution is 0.987. The van der Waals surface area contributed by atoms with Gasteiger partial charge in [0.25, 0.3) is 0 Å². The van der Waals surface area contributed by atoms with Crippen molar-refractivity contribution in [3.8, 4) is 0 Å². The maximum absolute atomic E-state index is 3.81. The Kier molecular flexibility index (Phi) is 5.18. The van der Waals surface area contributed by atoms with Gasteiger partial charge in [-0.2, -0.15) is 0 Å². The van der Waals surface area contributed by atoms with Crippen LogP contribution in [0.15, 0.2) is 16.6 Å². The summed E-state index contributed by atoms with van der Waals surface area (Å²) < 4.78 is 0. The molecule has 1 heteroatoms. The van der Waals surface area contributed by atoms with E-state index in [9.17, 15) is 0 Å². The highest BCUT2D eigenvalue weighted by atomic mass is 14.7. The van der Waals surface area contributed by atoms with Crippen LogP contribution in [-0.4, -0.2) is 13.3 Å². The van der Waals surface area contributed by atoms with Crippen molar-refractivity contribution in [2.24, 2.45) is 4.99 Å². The van der Waals surface area contributed by atoms with Crippen LogP contribution in [0.1, 0.15) is 26.7 Å². The minimum atomic E-state index is 0.810. The van der Waals surface area contributed by atoms with Gasteiger partial charge in [0.2, 0.25) is 0 Å². The molecule has 0 saturated carbocycles. The first kappa shape index (κ1) is 8.41. The summed E-state index contributed by atoms with van der Waals surface area (Å²) in [6.07, 6.45) is 4.43. The molecule has 0 heterocycles. The number of hydrogen-bond acceptors (Lipinski definition) is 1. The first-order valence-electron chi connectivity index (χ1n) is 3.45. The largest absolute Gasteiger partial charge is 0.297 e. The van der Waals surface area contributed by atoms with E-state index in [1.807, 2.05) is 0 Å². The zero-order valence-electron chi connectivity index (χ0n) is 6.35. The molecule has 0 bridgehead atoms. The molecule has 9 heavy (non-hydrogen) atoms. The first-order valence-corrected chi connectivity index (χ1v) is 3.45. The van der Waals surface area contributed by atoms with Crippen molar-refractivity contribution in [3.05, 3.63) is 11.6 Å². The van der Waals surface area contributed by atoms with Crippen LogP contribution in [-0.2, 0) is 0 Å². The third-order valence-corrected chi connectivity index (χ3v) is 1.26. The summed E-state index contributed by atoms with van der Waals surface area (Å²) in [5.41, 5.74) is 1.40. The van der Waals surface area contributed by atoms with E-state index in [4.69, 9.17) is 0 Å². The molecule has 52 valence electrons. The monoisotopic (exact) mass is 125 g/mol. The molecule has 0 fully saturated rings. The van der Waals surface area contributed by atoms with Gasteiger partial charge in [-0.25, -0.2) is 0 Å². The van der Waals surface area contributed by atoms with Gasteiger partial charge in [0.15, 0.2) is 0 Å². The second-order valence-electron chi connectivity index (χ2n) is 2.01. The zero-order chi connectivity index (χ0) is 7.11. The maximum atomic E-state index is 3.81. The third-order valence-electron chi connectivity index (χ3n) is 1.26. The highest BCUT2D eigenvalue weighted by molar-refractivity contribution is 5.25. The van der Waals surface area contributed by atoms with E-state index in [2.05, 4.69) is 31.6 Å². The van der Waals surface area contributed by atoms with Crippen molar-refractivity contribution in [3.63, 3.8) is 0 Å². The van der Waals surface area contributed by atoms with Gasteiger partial charge in [0.05, 0.1) is 6.54 Å². The summed E-state index contributed by atoms with van der Waals surface area (Å²) in [4.78, 5) is 3.81. The molecule has 0 atom stereocenters.